The van der Waals surface area contributed by atoms with Crippen molar-refractivity contribution in [3.05, 3.63) is 29.8 Å². The van der Waals surface area contributed by atoms with Crippen molar-refractivity contribution >= 4 is 11.8 Å². The highest BCUT2D eigenvalue weighted by atomic mass is 16.5. The molecule has 7 heteroatoms. The molecule has 7 nitrogen and oxygen atoms in total. The molecular formula is C22H31N3O4. The lowest BCUT2D eigenvalue weighted by Crippen LogP contribution is -2.67. The molecule has 3 heterocycles. The van der Waals surface area contributed by atoms with Crippen LogP contribution >= 0.6 is 0 Å². The SMILES string of the molecule is COc1cccc(CC2(C(=O)N[C@@H]3C[C@@H]4CC[C@H]3O4)CN(C(=O)CN(C)C)C2)c1. The van der Waals surface area contributed by atoms with Gasteiger partial charge in [-0.2, -0.15) is 0 Å². The number of rotatable bonds is 7. The van der Waals surface area contributed by atoms with E-state index in [4.69, 9.17) is 9.47 Å². The molecule has 0 spiro atoms. The monoisotopic (exact) mass is 401 g/mol. The molecule has 1 aromatic rings. The van der Waals surface area contributed by atoms with Gasteiger partial charge in [-0.3, -0.25) is 9.59 Å². The number of benzene rings is 1. The molecule has 29 heavy (non-hydrogen) atoms. The number of nitrogens with zero attached hydrogens (tertiary/aromatic N) is 2. The van der Waals surface area contributed by atoms with Gasteiger partial charge in [-0.05, 0) is 57.5 Å². The van der Waals surface area contributed by atoms with Crippen molar-refractivity contribution < 1.29 is 19.1 Å². The first-order chi connectivity index (χ1) is 13.9. The summed E-state index contributed by atoms with van der Waals surface area (Å²) < 4.78 is 11.2. The second kappa shape index (κ2) is 7.95. The summed E-state index contributed by atoms with van der Waals surface area (Å²) >= 11 is 0. The van der Waals surface area contributed by atoms with Crippen LogP contribution in [0.4, 0.5) is 0 Å². The molecule has 4 rings (SSSR count). The fourth-order valence-corrected chi connectivity index (χ4v) is 4.85. The quantitative estimate of drug-likeness (QED) is 0.740. The minimum Gasteiger partial charge on any atom is -0.497 e. The van der Waals surface area contributed by atoms with Gasteiger partial charge in [-0.1, -0.05) is 12.1 Å². The molecule has 3 atom stereocenters. The summed E-state index contributed by atoms with van der Waals surface area (Å²) in [4.78, 5) is 29.5. The van der Waals surface area contributed by atoms with Gasteiger partial charge in [0.1, 0.15) is 5.75 Å². The molecule has 2 bridgehead atoms. The zero-order chi connectivity index (χ0) is 20.6. The minimum absolute atomic E-state index is 0.0374. The maximum absolute atomic E-state index is 13.4. The minimum atomic E-state index is -0.601. The molecule has 1 aromatic carbocycles. The third-order valence-electron chi connectivity index (χ3n) is 6.37. The van der Waals surface area contributed by atoms with Gasteiger partial charge in [0.05, 0.1) is 37.3 Å². The van der Waals surface area contributed by atoms with E-state index in [0.717, 1.165) is 30.6 Å². The Morgan fingerprint density at radius 3 is 2.72 bits per heavy atom. The van der Waals surface area contributed by atoms with Crippen LogP contribution in [0.25, 0.3) is 0 Å². The number of methoxy groups -OCH3 is 1. The molecule has 2 amide bonds. The van der Waals surface area contributed by atoms with Gasteiger partial charge in [-0.15, -0.1) is 0 Å². The highest BCUT2D eigenvalue weighted by molar-refractivity contribution is 5.89. The van der Waals surface area contributed by atoms with Gasteiger partial charge >= 0.3 is 0 Å². The zero-order valence-corrected chi connectivity index (χ0v) is 17.5. The molecule has 3 fully saturated rings. The van der Waals surface area contributed by atoms with Crippen LogP contribution < -0.4 is 10.1 Å². The fourth-order valence-electron chi connectivity index (χ4n) is 4.85. The maximum Gasteiger partial charge on any atom is 0.236 e. The molecule has 158 valence electrons. The number of likely N-dealkylation sites (tertiary alicyclic amines) is 1. The van der Waals surface area contributed by atoms with Gasteiger partial charge in [0.2, 0.25) is 11.8 Å². The standard InChI is InChI=1S/C22H31N3O4/c1-24(2)12-20(26)25-13-22(14-25,11-15-5-4-6-16(9-15)28-3)21(27)23-18-10-17-7-8-19(18)29-17/h4-6,9,17-19H,7-8,10-14H2,1-3H3,(H,23,27)/t17-,18+,19+/m0/s1. The summed E-state index contributed by atoms with van der Waals surface area (Å²) in [6, 6.07) is 7.92. The third kappa shape index (κ3) is 4.12. The van der Waals surface area contributed by atoms with E-state index < -0.39 is 5.41 Å². The van der Waals surface area contributed by atoms with Crippen molar-refractivity contribution in [2.45, 2.75) is 43.9 Å². The largest absolute Gasteiger partial charge is 0.497 e. The lowest BCUT2D eigenvalue weighted by molar-refractivity contribution is -0.154. The number of amides is 2. The van der Waals surface area contributed by atoms with Crippen LogP contribution in [0.1, 0.15) is 24.8 Å². The van der Waals surface area contributed by atoms with E-state index in [2.05, 4.69) is 5.32 Å². The van der Waals surface area contributed by atoms with Crippen LogP contribution in [0.15, 0.2) is 24.3 Å². The number of carbonyl (C=O) groups excluding carboxylic acids is 2. The lowest BCUT2D eigenvalue weighted by atomic mass is 9.73. The Labute approximate surface area is 172 Å². The first-order valence-corrected chi connectivity index (χ1v) is 10.4. The van der Waals surface area contributed by atoms with Gasteiger partial charge in [0.15, 0.2) is 0 Å². The molecule has 0 aromatic heterocycles. The van der Waals surface area contributed by atoms with E-state index in [1.165, 1.54) is 0 Å². The van der Waals surface area contributed by atoms with Crippen LogP contribution in [-0.2, 0) is 20.7 Å². The Kier molecular flexibility index (Phi) is 5.53. The van der Waals surface area contributed by atoms with Crippen LogP contribution in [0.5, 0.6) is 5.75 Å². The Hall–Kier alpha value is -2.12. The summed E-state index contributed by atoms with van der Waals surface area (Å²) in [6.45, 7) is 1.26. The molecule has 3 saturated heterocycles. The fraction of sp³-hybridized carbons (Fsp3) is 0.636. The molecular weight excluding hydrogens is 370 g/mol. The molecule has 3 aliphatic heterocycles. The lowest BCUT2D eigenvalue weighted by Gasteiger charge is -2.49. The van der Waals surface area contributed by atoms with Crippen molar-refractivity contribution in [2.24, 2.45) is 5.41 Å². The zero-order valence-electron chi connectivity index (χ0n) is 17.5. The average Bonchev–Trinajstić information content (AvgIpc) is 3.26. The highest BCUT2D eigenvalue weighted by Gasteiger charge is 2.52. The van der Waals surface area contributed by atoms with E-state index in [0.29, 0.717) is 32.2 Å². The predicted molar refractivity (Wildman–Crippen MR) is 109 cm³/mol. The molecule has 0 radical (unpaired) electrons. The van der Waals surface area contributed by atoms with Crippen molar-refractivity contribution in [1.82, 2.24) is 15.1 Å². The van der Waals surface area contributed by atoms with Crippen molar-refractivity contribution in [3.8, 4) is 5.75 Å². The van der Waals surface area contributed by atoms with Crippen LogP contribution in [-0.4, -0.2) is 80.7 Å². The number of hydrogen-bond acceptors (Lipinski definition) is 5. The van der Waals surface area contributed by atoms with E-state index in [1.54, 1.807) is 12.0 Å². The summed E-state index contributed by atoms with van der Waals surface area (Å²) in [5.41, 5.74) is 0.444. The predicted octanol–water partition coefficient (Wildman–Crippen LogP) is 1.06. The molecule has 1 N–H and O–H groups in total. The van der Waals surface area contributed by atoms with Crippen molar-refractivity contribution in [1.29, 1.82) is 0 Å². The molecule has 0 unspecified atom stereocenters. The van der Waals surface area contributed by atoms with Gasteiger partial charge in [0, 0.05) is 13.1 Å². The normalized spacial score (nSPS) is 27.0. The highest BCUT2D eigenvalue weighted by Crippen LogP contribution is 2.38. The Morgan fingerprint density at radius 1 is 1.31 bits per heavy atom. The van der Waals surface area contributed by atoms with E-state index in [1.807, 2.05) is 43.3 Å². The number of nitrogens with one attached hydrogen (secondary N) is 1. The number of hydrogen-bond donors (Lipinski definition) is 1. The molecule has 3 aliphatic rings. The number of ether oxygens (including phenoxy) is 2. The maximum atomic E-state index is 13.4. The summed E-state index contributed by atoms with van der Waals surface area (Å²) in [5.74, 6) is 0.877. The van der Waals surface area contributed by atoms with E-state index in [9.17, 15) is 9.59 Å². The number of carbonyl (C=O) groups is 2. The van der Waals surface area contributed by atoms with Crippen LogP contribution in [0.2, 0.25) is 0 Å². The topological polar surface area (TPSA) is 71.1 Å². The van der Waals surface area contributed by atoms with E-state index in [-0.39, 0.29) is 24.0 Å². The molecule has 0 aliphatic carbocycles. The van der Waals surface area contributed by atoms with Gasteiger partial charge in [0.25, 0.3) is 0 Å². The smallest absolute Gasteiger partial charge is 0.236 e. The number of likely N-dealkylation sites (N-methyl/N-ethyl adjacent to an activating group) is 1. The second-order valence-electron chi connectivity index (χ2n) is 8.99. The Bertz CT molecular complexity index is 775. The summed E-state index contributed by atoms with van der Waals surface area (Å²) in [6.07, 6.45) is 4.03. The first kappa shape index (κ1) is 20.2. The van der Waals surface area contributed by atoms with Crippen LogP contribution in [0.3, 0.4) is 0 Å². The first-order valence-electron chi connectivity index (χ1n) is 10.4. The van der Waals surface area contributed by atoms with E-state index >= 15 is 0 Å². The Morgan fingerprint density at radius 2 is 2.10 bits per heavy atom. The number of fused-ring (bicyclic) bond motifs is 2. The van der Waals surface area contributed by atoms with Gasteiger partial charge in [-0.25, -0.2) is 0 Å². The van der Waals surface area contributed by atoms with Gasteiger partial charge < -0.3 is 24.6 Å². The van der Waals surface area contributed by atoms with Crippen molar-refractivity contribution in [3.63, 3.8) is 0 Å². The summed E-state index contributed by atoms with van der Waals surface area (Å²) in [7, 11) is 5.40. The average molecular weight is 402 g/mol. The summed E-state index contributed by atoms with van der Waals surface area (Å²) in [5, 5.41) is 3.26. The Balaban J connectivity index is 1.48. The molecule has 0 saturated carbocycles. The van der Waals surface area contributed by atoms with Crippen molar-refractivity contribution in [2.75, 3.05) is 40.8 Å². The third-order valence-corrected chi connectivity index (χ3v) is 6.37. The van der Waals surface area contributed by atoms with Crippen LogP contribution in [0, 0.1) is 5.41 Å². The second-order valence-corrected chi connectivity index (χ2v) is 8.99.